The lowest BCUT2D eigenvalue weighted by atomic mass is 9.80. The highest BCUT2D eigenvalue weighted by atomic mass is 19.3. The molecule has 0 bridgehead atoms. The van der Waals surface area contributed by atoms with Gasteiger partial charge < -0.3 is 9.47 Å². The van der Waals surface area contributed by atoms with Crippen molar-refractivity contribution in [3.8, 4) is 11.5 Å². The minimum Gasteiger partial charge on any atom is -0.488 e. The Morgan fingerprint density at radius 2 is 2.14 bits per heavy atom. The first kappa shape index (κ1) is 14.8. The van der Waals surface area contributed by atoms with E-state index in [4.69, 9.17) is 4.74 Å². The Morgan fingerprint density at radius 3 is 2.82 bits per heavy atom. The van der Waals surface area contributed by atoms with Crippen LogP contribution < -0.4 is 9.47 Å². The van der Waals surface area contributed by atoms with Gasteiger partial charge in [0.2, 0.25) is 0 Å². The van der Waals surface area contributed by atoms with E-state index < -0.39 is 6.61 Å². The lowest BCUT2D eigenvalue weighted by Crippen LogP contribution is -2.35. The van der Waals surface area contributed by atoms with Crippen LogP contribution in [0.1, 0.15) is 37.3 Å². The van der Waals surface area contributed by atoms with Crippen molar-refractivity contribution < 1.29 is 18.3 Å². The Morgan fingerprint density at radius 1 is 1.32 bits per heavy atom. The van der Waals surface area contributed by atoms with Gasteiger partial charge in [-0.2, -0.15) is 8.78 Å². The standard InChI is InChI=1S/C17H17F2NO2/c1-17(2)9-14(11-4-3-7-20-10-11)13-8-12(21-16(18)19)5-6-15(13)22-17/h3-8,10,14,16H,9H2,1-2H3. The monoisotopic (exact) mass is 305 g/mol. The third-order valence-corrected chi connectivity index (χ3v) is 3.75. The largest absolute Gasteiger partial charge is 0.488 e. The Kier molecular flexibility index (Phi) is 3.72. The fraction of sp³-hybridized carbons (Fsp3) is 0.353. The lowest BCUT2D eigenvalue weighted by molar-refractivity contribution is -0.0500. The van der Waals surface area contributed by atoms with E-state index in [2.05, 4.69) is 9.72 Å². The van der Waals surface area contributed by atoms with Crippen molar-refractivity contribution in [2.75, 3.05) is 0 Å². The van der Waals surface area contributed by atoms with Gasteiger partial charge in [0.15, 0.2) is 0 Å². The number of hydrogen-bond acceptors (Lipinski definition) is 3. The molecule has 1 atom stereocenters. The number of halogens is 2. The van der Waals surface area contributed by atoms with Crippen LogP contribution in [0.5, 0.6) is 11.5 Å². The van der Waals surface area contributed by atoms with Gasteiger partial charge in [-0.25, -0.2) is 0 Å². The molecule has 22 heavy (non-hydrogen) atoms. The molecule has 1 aliphatic heterocycles. The van der Waals surface area contributed by atoms with Gasteiger partial charge in [0.1, 0.15) is 17.1 Å². The number of aromatic nitrogens is 1. The van der Waals surface area contributed by atoms with Crippen molar-refractivity contribution in [3.63, 3.8) is 0 Å². The predicted octanol–water partition coefficient (Wildman–Crippen LogP) is 4.38. The summed E-state index contributed by atoms with van der Waals surface area (Å²) in [5.41, 5.74) is 1.55. The number of nitrogens with zero attached hydrogens (tertiary/aromatic N) is 1. The van der Waals surface area contributed by atoms with Crippen molar-refractivity contribution in [1.82, 2.24) is 4.98 Å². The molecule has 5 heteroatoms. The van der Waals surface area contributed by atoms with Gasteiger partial charge in [0.05, 0.1) is 0 Å². The van der Waals surface area contributed by atoms with Crippen LogP contribution >= 0.6 is 0 Å². The van der Waals surface area contributed by atoms with Gasteiger partial charge in [-0.1, -0.05) is 6.07 Å². The number of fused-ring (bicyclic) bond motifs is 1. The first-order valence-electron chi connectivity index (χ1n) is 7.12. The highest BCUT2D eigenvalue weighted by Crippen LogP contribution is 2.45. The second-order valence-electron chi connectivity index (χ2n) is 5.98. The molecule has 1 aromatic carbocycles. The average Bonchev–Trinajstić information content (AvgIpc) is 2.46. The molecule has 1 aromatic heterocycles. The van der Waals surface area contributed by atoms with Gasteiger partial charge in [-0.05, 0) is 50.1 Å². The van der Waals surface area contributed by atoms with Gasteiger partial charge >= 0.3 is 6.61 Å². The molecule has 2 aromatic rings. The Bertz CT molecular complexity index is 659. The number of benzene rings is 1. The molecule has 1 unspecified atom stereocenters. The maximum absolute atomic E-state index is 12.4. The Balaban J connectivity index is 2.05. The van der Waals surface area contributed by atoms with E-state index in [1.165, 1.54) is 6.07 Å². The Hall–Kier alpha value is -2.17. The maximum atomic E-state index is 12.4. The molecule has 0 N–H and O–H groups in total. The molecule has 0 saturated carbocycles. The van der Waals surface area contributed by atoms with Crippen LogP contribution in [0.4, 0.5) is 8.78 Å². The second kappa shape index (κ2) is 5.55. The van der Waals surface area contributed by atoms with Gasteiger partial charge in [-0.3, -0.25) is 4.98 Å². The molecule has 116 valence electrons. The highest BCUT2D eigenvalue weighted by molar-refractivity contribution is 5.48. The van der Waals surface area contributed by atoms with Gasteiger partial charge in [0, 0.05) is 23.9 Å². The number of hydrogen-bond donors (Lipinski definition) is 0. The SMILES string of the molecule is CC1(C)CC(c2cccnc2)c2cc(OC(F)F)ccc2O1. The van der Waals surface area contributed by atoms with E-state index >= 15 is 0 Å². The van der Waals surface area contributed by atoms with Crippen LogP contribution in [-0.4, -0.2) is 17.2 Å². The first-order valence-corrected chi connectivity index (χ1v) is 7.12. The number of ether oxygens (including phenoxy) is 2. The van der Waals surface area contributed by atoms with E-state index in [0.29, 0.717) is 5.75 Å². The summed E-state index contributed by atoms with van der Waals surface area (Å²) in [7, 11) is 0. The summed E-state index contributed by atoms with van der Waals surface area (Å²) in [6.07, 6.45) is 4.26. The number of rotatable bonds is 3. The molecule has 0 spiro atoms. The molecule has 0 radical (unpaired) electrons. The summed E-state index contributed by atoms with van der Waals surface area (Å²) in [5.74, 6) is 0.881. The predicted molar refractivity (Wildman–Crippen MR) is 78.5 cm³/mol. The van der Waals surface area contributed by atoms with Crippen LogP contribution in [0, 0.1) is 0 Å². The fourth-order valence-corrected chi connectivity index (χ4v) is 2.89. The summed E-state index contributed by atoms with van der Waals surface area (Å²) in [4.78, 5) is 4.16. The van der Waals surface area contributed by atoms with Crippen LogP contribution in [0.2, 0.25) is 0 Å². The van der Waals surface area contributed by atoms with Crippen molar-refractivity contribution in [1.29, 1.82) is 0 Å². The smallest absolute Gasteiger partial charge is 0.387 e. The molecule has 3 rings (SSSR count). The number of alkyl halides is 2. The molecule has 3 nitrogen and oxygen atoms in total. The first-order chi connectivity index (χ1) is 10.4. The summed E-state index contributed by atoms with van der Waals surface area (Å²) in [6.45, 7) is 1.20. The zero-order chi connectivity index (χ0) is 15.7. The minimum absolute atomic E-state index is 0.0358. The van der Waals surface area contributed by atoms with Crippen LogP contribution in [0.25, 0.3) is 0 Å². The minimum atomic E-state index is -2.84. The van der Waals surface area contributed by atoms with Crippen molar-refractivity contribution in [2.45, 2.75) is 38.4 Å². The van der Waals surface area contributed by atoms with Crippen LogP contribution in [0.15, 0.2) is 42.7 Å². The molecule has 0 amide bonds. The van der Waals surface area contributed by atoms with Crippen molar-refractivity contribution in [2.24, 2.45) is 0 Å². The third kappa shape index (κ3) is 3.03. The van der Waals surface area contributed by atoms with E-state index in [1.54, 1.807) is 24.5 Å². The summed E-state index contributed by atoms with van der Waals surface area (Å²) in [5, 5.41) is 0. The third-order valence-electron chi connectivity index (χ3n) is 3.75. The molecule has 0 saturated heterocycles. The normalized spacial score (nSPS) is 19.4. The second-order valence-corrected chi connectivity index (χ2v) is 5.98. The van der Waals surface area contributed by atoms with E-state index in [9.17, 15) is 8.78 Å². The summed E-state index contributed by atoms with van der Waals surface area (Å²) in [6, 6.07) is 8.69. The van der Waals surface area contributed by atoms with E-state index in [1.807, 2.05) is 26.0 Å². The van der Waals surface area contributed by atoms with Crippen LogP contribution in [0.3, 0.4) is 0 Å². The van der Waals surface area contributed by atoms with Crippen molar-refractivity contribution >= 4 is 0 Å². The van der Waals surface area contributed by atoms with Gasteiger partial charge in [-0.15, -0.1) is 0 Å². The Labute approximate surface area is 127 Å². The maximum Gasteiger partial charge on any atom is 0.387 e. The van der Waals surface area contributed by atoms with Gasteiger partial charge in [0.25, 0.3) is 0 Å². The zero-order valence-corrected chi connectivity index (χ0v) is 12.4. The summed E-state index contributed by atoms with van der Waals surface area (Å²) < 4.78 is 35.3. The van der Waals surface area contributed by atoms with Crippen molar-refractivity contribution in [3.05, 3.63) is 53.9 Å². The molecular weight excluding hydrogens is 288 g/mol. The quantitative estimate of drug-likeness (QED) is 0.843. The lowest BCUT2D eigenvalue weighted by Gasteiger charge is -2.38. The molecular formula is C17H17F2NO2. The fourth-order valence-electron chi connectivity index (χ4n) is 2.89. The summed E-state index contributed by atoms with van der Waals surface area (Å²) >= 11 is 0. The molecule has 0 fully saturated rings. The zero-order valence-electron chi connectivity index (χ0n) is 12.4. The van der Waals surface area contributed by atoms with E-state index in [0.717, 1.165) is 17.5 Å². The topological polar surface area (TPSA) is 31.4 Å². The highest BCUT2D eigenvalue weighted by Gasteiger charge is 2.35. The average molecular weight is 305 g/mol. The number of pyridine rings is 1. The molecule has 1 aliphatic rings. The van der Waals surface area contributed by atoms with E-state index in [-0.39, 0.29) is 17.3 Å². The molecule has 2 heterocycles. The van der Waals surface area contributed by atoms with Crippen LogP contribution in [-0.2, 0) is 0 Å². The molecule has 0 aliphatic carbocycles.